The number of nitrogens with one attached hydrogen (secondary N) is 1. The highest BCUT2D eigenvalue weighted by molar-refractivity contribution is 5.25. The van der Waals surface area contributed by atoms with Crippen molar-refractivity contribution in [3.63, 3.8) is 0 Å². The van der Waals surface area contributed by atoms with Gasteiger partial charge in [-0.05, 0) is 37.9 Å². The molecule has 0 saturated carbocycles. The van der Waals surface area contributed by atoms with Gasteiger partial charge >= 0.3 is 0 Å². The Balaban J connectivity index is 1.76. The van der Waals surface area contributed by atoms with Crippen molar-refractivity contribution < 1.29 is 4.74 Å². The quantitative estimate of drug-likeness (QED) is 0.866. The average molecular weight is 277 g/mol. The standard InChI is InChI=1S/C16H27N3O/c1-13(2)12-19-9-6-15(7-10-19)18-11-14-5-4-8-17-16(14)20-3/h4-5,8,13,15,18H,6-7,9-12H2,1-3H3. The maximum absolute atomic E-state index is 5.29. The lowest BCUT2D eigenvalue weighted by Crippen LogP contribution is -2.43. The van der Waals surface area contributed by atoms with E-state index in [1.54, 1.807) is 13.3 Å². The zero-order valence-corrected chi connectivity index (χ0v) is 12.9. The Labute approximate surface area is 122 Å². The van der Waals surface area contributed by atoms with Crippen molar-refractivity contribution in [2.24, 2.45) is 5.92 Å². The van der Waals surface area contributed by atoms with E-state index in [9.17, 15) is 0 Å². The molecular weight excluding hydrogens is 250 g/mol. The maximum atomic E-state index is 5.29. The normalized spacial score (nSPS) is 17.6. The predicted molar refractivity (Wildman–Crippen MR) is 81.9 cm³/mol. The van der Waals surface area contributed by atoms with Crippen LogP contribution in [0.1, 0.15) is 32.3 Å². The summed E-state index contributed by atoms with van der Waals surface area (Å²) in [5, 5.41) is 3.64. The van der Waals surface area contributed by atoms with Crippen LogP contribution in [0, 0.1) is 5.92 Å². The minimum absolute atomic E-state index is 0.614. The maximum Gasteiger partial charge on any atom is 0.217 e. The van der Waals surface area contributed by atoms with Gasteiger partial charge in [0.25, 0.3) is 0 Å². The summed E-state index contributed by atoms with van der Waals surface area (Å²) in [5.74, 6) is 1.50. The van der Waals surface area contributed by atoms with Crippen LogP contribution in [0.25, 0.3) is 0 Å². The lowest BCUT2D eigenvalue weighted by Gasteiger charge is -2.33. The number of methoxy groups -OCH3 is 1. The van der Waals surface area contributed by atoms with Gasteiger partial charge < -0.3 is 15.0 Å². The third-order valence-corrected chi connectivity index (χ3v) is 3.84. The lowest BCUT2D eigenvalue weighted by atomic mass is 10.0. The molecule has 20 heavy (non-hydrogen) atoms. The first kappa shape index (κ1) is 15.3. The molecule has 0 amide bonds. The van der Waals surface area contributed by atoms with Crippen molar-refractivity contribution in [3.05, 3.63) is 23.9 Å². The number of nitrogens with zero attached hydrogens (tertiary/aromatic N) is 2. The second kappa shape index (κ2) is 7.60. The highest BCUT2D eigenvalue weighted by Gasteiger charge is 2.19. The van der Waals surface area contributed by atoms with Crippen LogP contribution in [0.4, 0.5) is 0 Å². The first-order chi connectivity index (χ1) is 9.69. The summed E-state index contributed by atoms with van der Waals surface area (Å²) >= 11 is 0. The van der Waals surface area contributed by atoms with Gasteiger partial charge in [0.1, 0.15) is 0 Å². The van der Waals surface area contributed by atoms with Crippen LogP contribution in [0.15, 0.2) is 18.3 Å². The molecular formula is C16H27N3O. The smallest absolute Gasteiger partial charge is 0.217 e. The van der Waals surface area contributed by atoms with Crippen LogP contribution in [0.2, 0.25) is 0 Å². The van der Waals surface area contributed by atoms with E-state index in [1.807, 2.05) is 6.07 Å². The summed E-state index contributed by atoms with van der Waals surface area (Å²) in [6.45, 7) is 9.06. The van der Waals surface area contributed by atoms with E-state index in [0.29, 0.717) is 6.04 Å². The fraction of sp³-hybridized carbons (Fsp3) is 0.688. The van der Waals surface area contributed by atoms with E-state index in [4.69, 9.17) is 4.74 Å². The number of piperidine rings is 1. The Bertz CT molecular complexity index is 400. The summed E-state index contributed by atoms with van der Waals surface area (Å²) in [6.07, 6.45) is 4.23. The monoisotopic (exact) mass is 277 g/mol. The van der Waals surface area contributed by atoms with Crippen molar-refractivity contribution in [2.45, 2.75) is 39.3 Å². The fourth-order valence-corrected chi connectivity index (χ4v) is 2.83. The number of rotatable bonds is 6. The summed E-state index contributed by atoms with van der Waals surface area (Å²) < 4.78 is 5.29. The summed E-state index contributed by atoms with van der Waals surface area (Å²) in [5.41, 5.74) is 1.14. The number of pyridine rings is 1. The van der Waals surface area contributed by atoms with Gasteiger partial charge in [-0.2, -0.15) is 0 Å². The molecule has 1 aromatic rings. The largest absolute Gasteiger partial charge is 0.481 e. The van der Waals surface area contributed by atoms with Crippen molar-refractivity contribution >= 4 is 0 Å². The van der Waals surface area contributed by atoms with Gasteiger partial charge in [-0.25, -0.2) is 4.98 Å². The van der Waals surface area contributed by atoms with Crippen molar-refractivity contribution in [1.29, 1.82) is 0 Å². The molecule has 0 aromatic carbocycles. The Kier molecular flexibility index (Phi) is 5.80. The van der Waals surface area contributed by atoms with Crippen molar-refractivity contribution in [1.82, 2.24) is 15.2 Å². The van der Waals surface area contributed by atoms with E-state index in [0.717, 1.165) is 23.9 Å². The minimum atomic E-state index is 0.614. The molecule has 0 aliphatic carbocycles. The molecule has 112 valence electrons. The molecule has 1 aliphatic rings. The van der Waals surface area contributed by atoms with E-state index in [1.165, 1.54) is 32.5 Å². The molecule has 2 heterocycles. The topological polar surface area (TPSA) is 37.4 Å². The molecule has 0 radical (unpaired) electrons. The number of likely N-dealkylation sites (tertiary alicyclic amines) is 1. The zero-order valence-electron chi connectivity index (χ0n) is 12.9. The third-order valence-electron chi connectivity index (χ3n) is 3.84. The molecule has 1 fully saturated rings. The van der Waals surface area contributed by atoms with Gasteiger partial charge in [-0.3, -0.25) is 0 Å². The van der Waals surface area contributed by atoms with E-state index in [-0.39, 0.29) is 0 Å². The van der Waals surface area contributed by atoms with Crippen molar-refractivity contribution in [3.8, 4) is 5.88 Å². The number of ether oxygens (including phenoxy) is 1. The summed E-state index contributed by atoms with van der Waals surface area (Å²) in [7, 11) is 1.68. The molecule has 0 bridgehead atoms. The molecule has 4 nitrogen and oxygen atoms in total. The van der Waals surface area contributed by atoms with E-state index in [2.05, 4.69) is 35.1 Å². The molecule has 2 rings (SSSR count). The average Bonchev–Trinajstić information content (AvgIpc) is 2.46. The highest BCUT2D eigenvalue weighted by Crippen LogP contribution is 2.16. The third kappa shape index (κ3) is 4.46. The van der Waals surface area contributed by atoms with Gasteiger partial charge in [-0.1, -0.05) is 19.9 Å². The van der Waals surface area contributed by atoms with E-state index < -0.39 is 0 Å². The molecule has 4 heteroatoms. The van der Waals surface area contributed by atoms with E-state index >= 15 is 0 Å². The lowest BCUT2D eigenvalue weighted by molar-refractivity contribution is 0.179. The van der Waals surface area contributed by atoms with Gasteiger partial charge in [0.15, 0.2) is 0 Å². The van der Waals surface area contributed by atoms with Gasteiger partial charge in [-0.15, -0.1) is 0 Å². The SMILES string of the molecule is COc1ncccc1CNC1CCN(CC(C)C)CC1. The van der Waals surface area contributed by atoms with Crippen LogP contribution in [-0.4, -0.2) is 42.7 Å². The Morgan fingerprint density at radius 1 is 1.40 bits per heavy atom. The summed E-state index contributed by atoms with van der Waals surface area (Å²) in [4.78, 5) is 6.81. The van der Waals surface area contributed by atoms with Crippen molar-refractivity contribution in [2.75, 3.05) is 26.7 Å². The Hall–Kier alpha value is -1.13. The molecule has 1 aliphatic heterocycles. The van der Waals surface area contributed by atoms with Crippen LogP contribution >= 0.6 is 0 Å². The molecule has 1 saturated heterocycles. The number of hydrogen-bond acceptors (Lipinski definition) is 4. The minimum Gasteiger partial charge on any atom is -0.481 e. The predicted octanol–water partition coefficient (Wildman–Crippen LogP) is 2.30. The molecule has 0 atom stereocenters. The van der Waals surface area contributed by atoms with Gasteiger partial charge in [0.2, 0.25) is 5.88 Å². The fourth-order valence-electron chi connectivity index (χ4n) is 2.83. The van der Waals surface area contributed by atoms with Crippen LogP contribution in [0.3, 0.4) is 0 Å². The molecule has 0 spiro atoms. The number of aromatic nitrogens is 1. The highest BCUT2D eigenvalue weighted by atomic mass is 16.5. The molecule has 0 unspecified atom stereocenters. The second-order valence-electron chi connectivity index (χ2n) is 6.02. The van der Waals surface area contributed by atoms with Gasteiger partial charge in [0, 0.05) is 30.9 Å². The zero-order chi connectivity index (χ0) is 14.4. The van der Waals surface area contributed by atoms with Crippen LogP contribution < -0.4 is 10.1 Å². The van der Waals surface area contributed by atoms with Crippen LogP contribution in [-0.2, 0) is 6.54 Å². The first-order valence-electron chi connectivity index (χ1n) is 7.62. The number of hydrogen-bond donors (Lipinski definition) is 1. The van der Waals surface area contributed by atoms with Crippen LogP contribution in [0.5, 0.6) is 5.88 Å². The Morgan fingerprint density at radius 2 is 2.15 bits per heavy atom. The molecule has 1 N–H and O–H groups in total. The second-order valence-corrected chi connectivity index (χ2v) is 6.02. The first-order valence-corrected chi connectivity index (χ1v) is 7.62. The summed E-state index contributed by atoms with van der Waals surface area (Å²) in [6, 6.07) is 4.65. The van der Waals surface area contributed by atoms with Gasteiger partial charge in [0.05, 0.1) is 7.11 Å². The molecule has 1 aromatic heterocycles. The Morgan fingerprint density at radius 3 is 2.80 bits per heavy atom.